The molecular formula is C16H14Cl2N2O4. The Bertz CT molecular complexity index is 833. The first-order chi connectivity index (χ1) is 11.4. The van der Waals surface area contributed by atoms with E-state index in [1.165, 1.54) is 18.3 Å². The van der Waals surface area contributed by atoms with Gasteiger partial charge in [0.25, 0.3) is 5.56 Å². The van der Waals surface area contributed by atoms with Gasteiger partial charge in [0.2, 0.25) is 5.91 Å². The van der Waals surface area contributed by atoms with Crippen LogP contribution in [0.3, 0.4) is 0 Å². The van der Waals surface area contributed by atoms with E-state index in [1.807, 2.05) is 0 Å². The molecule has 1 amide bonds. The van der Waals surface area contributed by atoms with Gasteiger partial charge in [0, 0.05) is 6.20 Å². The summed E-state index contributed by atoms with van der Waals surface area (Å²) in [5.41, 5.74) is -0.0128. The third-order valence-electron chi connectivity index (χ3n) is 3.02. The topological polar surface area (TPSA) is 77.4 Å². The molecule has 0 fully saturated rings. The highest BCUT2D eigenvalue weighted by Gasteiger charge is 2.15. The minimum absolute atomic E-state index is 0.0813. The molecule has 1 aromatic heterocycles. The number of para-hydroxylation sites is 1. The molecule has 0 unspecified atom stereocenters. The molecule has 1 aromatic carbocycles. The van der Waals surface area contributed by atoms with E-state index in [4.69, 9.17) is 27.9 Å². The molecule has 0 radical (unpaired) electrons. The van der Waals surface area contributed by atoms with E-state index in [0.29, 0.717) is 5.69 Å². The van der Waals surface area contributed by atoms with Crippen LogP contribution in [0.1, 0.15) is 17.3 Å². The van der Waals surface area contributed by atoms with E-state index in [9.17, 15) is 14.4 Å². The summed E-state index contributed by atoms with van der Waals surface area (Å²) in [6, 6.07) is 7.73. The molecule has 0 saturated heterocycles. The molecule has 2 rings (SSSR count). The van der Waals surface area contributed by atoms with Crippen molar-refractivity contribution < 1.29 is 14.3 Å². The number of nitrogens with one attached hydrogen (secondary N) is 1. The molecule has 0 aliphatic rings. The summed E-state index contributed by atoms with van der Waals surface area (Å²) in [5.74, 6) is -1.05. The van der Waals surface area contributed by atoms with E-state index < -0.39 is 17.4 Å². The maximum Gasteiger partial charge on any atom is 0.340 e. The summed E-state index contributed by atoms with van der Waals surface area (Å²) in [4.78, 5) is 36.0. The normalized spacial score (nSPS) is 10.3. The van der Waals surface area contributed by atoms with Crippen molar-refractivity contribution in [3.63, 3.8) is 0 Å². The Morgan fingerprint density at radius 2 is 1.96 bits per heavy atom. The number of nitrogens with zero attached hydrogens (tertiary/aromatic N) is 1. The maximum atomic E-state index is 12.2. The molecule has 1 heterocycles. The lowest BCUT2D eigenvalue weighted by Gasteiger charge is -2.11. The highest BCUT2D eigenvalue weighted by Crippen LogP contribution is 2.16. The number of carbonyl (C=O) groups is 2. The highest BCUT2D eigenvalue weighted by molar-refractivity contribution is 6.34. The van der Waals surface area contributed by atoms with Crippen LogP contribution < -0.4 is 10.9 Å². The van der Waals surface area contributed by atoms with Gasteiger partial charge in [0.05, 0.1) is 22.9 Å². The number of hydrogen-bond donors (Lipinski definition) is 1. The molecule has 0 aliphatic heterocycles. The summed E-state index contributed by atoms with van der Waals surface area (Å²) in [5, 5.41) is 2.73. The van der Waals surface area contributed by atoms with Crippen LogP contribution in [0.5, 0.6) is 0 Å². The Hall–Kier alpha value is -2.31. The van der Waals surface area contributed by atoms with Crippen LogP contribution in [0, 0.1) is 0 Å². The summed E-state index contributed by atoms with van der Waals surface area (Å²) in [7, 11) is 0. The lowest BCUT2D eigenvalue weighted by molar-refractivity contribution is -0.116. The Labute approximate surface area is 147 Å². The predicted molar refractivity (Wildman–Crippen MR) is 91.8 cm³/mol. The Kier molecular flexibility index (Phi) is 6.00. The summed E-state index contributed by atoms with van der Waals surface area (Å²) in [6.07, 6.45) is 1.31. The van der Waals surface area contributed by atoms with Crippen molar-refractivity contribution >= 4 is 40.8 Å². The van der Waals surface area contributed by atoms with Crippen LogP contribution in [0.25, 0.3) is 0 Å². The minimum atomic E-state index is -0.545. The van der Waals surface area contributed by atoms with E-state index in [2.05, 4.69) is 5.32 Å². The number of carbonyl (C=O) groups excluding carboxylic acids is 2. The fourth-order valence-corrected chi connectivity index (χ4v) is 2.51. The van der Waals surface area contributed by atoms with Crippen LogP contribution in [0.2, 0.25) is 10.0 Å². The second-order valence-corrected chi connectivity index (χ2v) is 5.60. The van der Waals surface area contributed by atoms with Gasteiger partial charge in [-0.2, -0.15) is 0 Å². The lowest BCUT2D eigenvalue weighted by atomic mass is 10.2. The van der Waals surface area contributed by atoms with Gasteiger partial charge in [-0.05, 0) is 25.1 Å². The van der Waals surface area contributed by atoms with Gasteiger partial charge in [0.15, 0.2) is 0 Å². The number of halogens is 2. The van der Waals surface area contributed by atoms with Gasteiger partial charge in [-0.1, -0.05) is 35.3 Å². The van der Waals surface area contributed by atoms with Gasteiger partial charge in [-0.15, -0.1) is 0 Å². The molecule has 24 heavy (non-hydrogen) atoms. The number of aromatic nitrogens is 1. The second-order valence-electron chi connectivity index (χ2n) is 4.75. The van der Waals surface area contributed by atoms with Crippen molar-refractivity contribution in [3.05, 3.63) is 62.5 Å². The molecule has 0 spiro atoms. The van der Waals surface area contributed by atoms with E-state index in [0.717, 1.165) is 4.57 Å². The van der Waals surface area contributed by atoms with E-state index in [-0.39, 0.29) is 28.8 Å². The third kappa shape index (κ3) is 4.37. The zero-order valence-corrected chi connectivity index (χ0v) is 14.2. The highest BCUT2D eigenvalue weighted by atomic mass is 35.5. The van der Waals surface area contributed by atoms with Gasteiger partial charge < -0.3 is 14.6 Å². The smallest absolute Gasteiger partial charge is 0.340 e. The number of pyridine rings is 1. The molecule has 8 heteroatoms. The molecule has 126 valence electrons. The fraction of sp³-hybridized carbons (Fsp3) is 0.188. The standard InChI is InChI=1S/C16H14Cl2N2O4/c1-2-24-16(23)11-5-3-4-6-13(11)19-14(21)9-20-8-10(17)7-12(18)15(20)22/h3-8H,2,9H2,1H3,(H,19,21). The Balaban J connectivity index is 2.20. The first kappa shape index (κ1) is 18.0. The van der Waals surface area contributed by atoms with Crippen LogP contribution in [0.15, 0.2) is 41.3 Å². The molecule has 0 bridgehead atoms. The van der Waals surface area contributed by atoms with Gasteiger partial charge in [-0.25, -0.2) is 4.79 Å². The zero-order valence-electron chi connectivity index (χ0n) is 12.7. The zero-order chi connectivity index (χ0) is 17.7. The first-order valence-corrected chi connectivity index (χ1v) is 7.79. The van der Waals surface area contributed by atoms with Crippen LogP contribution in [-0.2, 0) is 16.1 Å². The number of rotatable bonds is 5. The van der Waals surface area contributed by atoms with Gasteiger partial charge in [-0.3, -0.25) is 9.59 Å². The molecule has 1 N–H and O–H groups in total. The van der Waals surface area contributed by atoms with Crippen molar-refractivity contribution in [2.24, 2.45) is 0 Å². The Morgan fingerprint density at radius 3 is 2.67 bits per heavy atom. The fourth-order valence-electron chi connectivity index (χ4n) is 2.01. The van der Waals surface area contributed by atoms with Crippen molar-refractivity contribution in [2.75, 3.05) is 11.9 Å². The summed E-state index contributed by atoms with van der Waals surface area (Å²) in [6.45, 7) is 1.61. The van der Waals surface area contributed by atoms with Crippen LogP contribution in [0.4, 0.5) is 5.69 Å². The van der Waals surface area contributed by atoms with E-state index in [1.54, 1.807) is 25.1 Å². The Morgan fingerprint density at radius 1 is 1.25 bits per heavy atom. The molecule has 0 saturated carbocycles. The lowest BCUT2D eigenvalue weighted by Crippen LogP contribution is -2.28. The number of esters is 1. The summed E-state index contributed by atoms with van der Waals surface area (Å²) >= 11 is 11.6. The number of ether oxygens (including phenoxy) is 1. The average Bonchev–Trinajstić information content (AvgIpc) is 2.52. The summed E-state index contributed by atoms with van der Waals surface area (Å²) < 4.78 is 6.03. The largest absolute Gasteiger partial charge is 0.462 e. The van der Waals surface area contributed by atoms with Crippen molar-refractivity contribution in [3.8, 4) is 0 Å². The third-order valence-corrected chi connectivity index (χ3v) is 3.50. The maximum absolute atomic E-state index is 12.2. The molecule has 0 aliphatic carbocycles. The van der Waals surface area contributed by atoms with Crippen molar-refractivity contribution in [1.82, 2.24) is 4.57 Å². The average molecular weight is 369 g/mol. The molecular weight excluding hydrogens is 355 g/mol. The van der Waals surface area contributed by atoms with Crippen LogP contribution >= 0.6 is 23.2 Å². The predicted octanol–water partition coefficient (Wildman–Crippen LogP) is 2.97. The number of hydrogen-bond acceptors (Lipinski definition) is 4. The number of anilines is 1. The van der Waals surface area contributed by atoms with E-state index >= 15 is 0 Å². The number of amides is 1. The second kappa shape index (κ2) is 7.99. The minimum Gasteiger partial charge on any atom is -0.462 e. The molecule has 0 atom stereocenters. The monoisotopic (exact) mass is 368 g/mol. The SMILES string of the molecule is CCOC(=O)c1ccccc1NC(=O)Cn1cc(Cl)cc(Cl)c1=O. The van der Waals surface area contributed by atoms with Crippen LogP contribution in [-0.4, -0.2) is 23.1 Å². The van der Waals surface area contributed by atoms with Gasteiger partial charge in [0.1, 0.15) is 11.6 Å². The number of benzene rings is 1. The van der Waals surface area contributed by atoms with Gasteiger partial charge >= 0.3 is 5.97 Å². The molecule has 6 nitrogen and oxygen atoms in total. The van der Waals surface area contributed by atoms with Crippen molar-refractivity contribution in [1.29, 1.82) is 0 Å². The quantitative estimate of drug-likeness (QED) is 0.822. The first-order valence-electron chi connectivity index (χ1n) is 7.04. The molecule has 2 aromatic rings. The van der Waals surface area contributed by atoms with Crippen molar-refractivity contribution in [2.45, 2.75) is 13.5 Å².